The number of hydrogen-bond donors (Lipinski definition) is 0. The molecule has 10 heteroatoms. The number of hydrogen-bond acceptors (Lipinski definition) is 4. The summed E-state index contributed by atoms with van der Waals surface area (Å²) in [6.45, 7) is 9.35. The molecule has 5 aromatic carbocycles. The highest BCUT2D eigenvalue weighted by Crippen LogP contribution is 2.48. The van der Waals surface area contributed by atoms with E-state index in [1.54, 1.807) is 84.9 Å². The molecule has 1 aromatic heterocycles. The van der Waals surface area contributed by atoms with Crippen LogP contribution in [0.2, 0.25) is 5.02 Å². The fourth-order valence-electron chi connectivity index (χ4n) is 5.66. The van der Waals surface area contributed by atoms with Crippen LogP contribution in [0.1, 0.15) is 34.8 Å². The molecule has 0 fully saturated rings. The molecule has 47 heavy (non-hydrogen) atoms. The van der Waals surface area contributed by atoms with Gasteiger partial charge >= 0.3 is 0 Å². The standard InChI is InChI=1S/C37H22ClF2N3O3S/c1-22(44)24-15-18-29(31(38)20-24)25-7-5-8-26(19-25)36-35(34-27(21-41)9-6-11-32(34)42-2)30-10-3-4-12-33(30)43(36)47(45,46)28-16-13-23(14-17-28)37(39)40/h3-20,37H,1H3. The number of nitriles is 1. The van der Waals surface area contributed by atoms with E-state index in [9.17, 15) is 27.3 Å². The van der Waals surface area contributed by atoms with Crippen molar-refractivity contribution in [1.82, 2.24) is 3.97 Å². The molecule has 6 rings (SSSR count). The number of carbonyl (C=O) groups excluding carboxylic acids is 1. The van der Waals surface area contributed by atoms with Crippen LogP contribution in [0.3, 0.4) is 0 Å². The van der Waals surface area contributed by atoms with Gasteiger partial charge in [-0.15, -0.1) is 0 Å². The predicted octanol–water partition coefficient (Wildman–Crippen LogP) is 10.1. The lowest BCUT2D eigenvalue weighted by atomic mass is 9.92. The Morgan fingerprint density at radius 1 is 0.894 bits per heavy atom. The second-order valence-electron chi connectivity index (χ2n) is 10.6. The predicted molar refractivity (Wildman–Crippen MR) is 178 cm³/mol. The molecule has 0 aliphatic rings. The Balaban J connectivity index is 1.74. The van der Waals surface area contributed by atoms with E-state index in [0.29, 0.717) is 38.2 Å². The van der Waals surface area contributed by atoms with Gasteiger partial charge in [0.1, 0.15) is 0 Å². The van der Waals surface area contributed by atoms with Crippen molar-refractivity contribution in [2.24, 2.45) is 0 Å². The van der Waals surface area contributed by atoms with Crippen LogP contribution in [-0.4, -0.2) is 18.2 Å². The number of Topliss-reactive ketones (excluding diaryl/α,β-unsaturated/α-hetero) is 1. The van der Waals surface area contributed by atoms with Crippen LogP contribution in [-0.2, 0) is 10.0 Å². The molecule has 0 bridgehead atoms. The van der Waals surface area contributed by atoms with Crippen LogP contribution in [0.25, 0.3) is 49.3 Å². The van der Waals surface area contributed by atoms with Crippen LogP contribution in [0, 0.1) is 17.9 Å². The van der Waals surface area contributed by atoms with Crippen molar-refractivity contribution < 1.29 is 22.0 Å². The maximum atomic E-state index is 14.6. The van der Waals surface area contributed by atoms with Crippen LogP contribution < -0.4 is 0 Å². The van der Waals surface area contributed by atoms with Gasteiger partial charge in [-0.05, 0) is 48.9 Å². The molecule has 0 aliphatic carbocycles. The molecule has 6 aromatic rings. The molecule has 1 heterocycles. The quantitative estimate of drug-likeness (QED) is 0.126. The summed E-state index contributed by atoms with van der Waals surface area (Å²) in [5.74, 6) is -0.153. The highest BCUT2D eigenvalue weighted by molar-refractivity contribution is 7.90. The minimum atomic E-state index is -4.47. The van der Waals surface area contributed by atoms with Crippen molar-refractivity contribution in [2.45, 2.75) is 18.2 Å². The number of fused-ring (bicyclic) bond motifs is 1. The molecular weight excluding hydrogens is 640 g/mol. The van der Waals surface area contributed by atoms with Crippen molar-refractivity contribution >= 4 is 44.0 Å². The molecule has 0 atom stereocenters. The van der Waals surface area contributed by atoms with Crippen LogP contribution >= 0.6 is 11.6 Å². The summed E-state index contributed by atoms with van der Waals surface area (Å²) >= 11 is 6.62. The Labute approximate surface area is 274 Å². The molecule has 6 nitrogen and oxygen atoms in total. The van der Waals surface area contributed by atoms with E-state index < -0.39 is 16.4 Å². The molecule has 0 spiro atoms. The van der Waals surface area contributed by atoms with Gasteiger partial charge in [0.05, 0.1) is 28.7 Å². The zero-order valence-corrected chi connectivity index (χ0v) is 26.2. The van der Waals surface area contributed by atoms with E-state index in [-0.39, 0.29) is 44.3 Å². The molecule has 0 aliphatic heterocycles. The molecule has 0 radical (unpaired) electrons. The van der Waals surface area contributed by atoms with E-state index in [1.807, 2.05) is 0 Å². The summed E-state index contributed by atoms with van der Waals surface area (Å²) in [7, 11) is -4.47. The summed E-state index contributed by atoms with van der Waals surface area (Å²) in [4.78, 5) is 15.4. The number of ketones is 1. The number of benzene rings is 5. The van der Waals surface area contributed by atoms with Gasteiger partial charge in [-0.1, -0.05) is 84.4 Å². The lowest BCUT2D eigenvalue weighted by Gasteiger charge is -2.16. The van der Waals surface area contributed by atoms with Crippen molar-refractivity contribution in [1.29, 1.82) is 5.26 Å². The van der Waals surface area contributed by atoms with Crippen LogP contribution in [0.5, 0.6) is 0 Å². The SMILES string of the molecule is [C-]#[N+]c1cccc(C#N)c1-c1c(-c2cccc(-c3ccc(C(C)=O)cc3Cl)c2)n(S(=O)(=O)c2ccc(C(F)F)cc2)c2ccccc12. The summed E-state index contributed by atoms with van der Waals surface area (Å²) < 4.78 is 57.1. The zero-order chi connectivity index (χ0) is 33.5. The van der Waals surface area contributed by atoms with E-state index in [2.05, 4.69) is 10.9 Å². The van der Waals surface area contributed by atoms with Crippen molar-refractivity contribution in [3.05, 3.63) is 142 Å². The third-order valence-corrected chi connectivity index (χ3v) is 9.90. The number of aromatic nitrogens is 1. The van der Waals surface area contributed by atoms with Gasteiger partial charge in [-0.3, -0.25) is 4.79 Å². The minimum absolute atomic E-state index is 0.144. The maximum Gasteiger partial charge on any atom is 0.268 e. The van der Waals surface area contributed by atoms with Crippen LogP contribution in [0.15, 0.2) is 114 Å². The number of nitrogens with zero attached hydrogens (tertiary/aromatic N) is 3. The fraction of sp³-hybridized carbons (Fsp3) is 0.0541. The van der Waals surface area contributed by atoms with Gasteiger partial charge in [0.25, 0.3) is 16.4 Å². The first kappa shape index (κ1) is 31.4. The minimum Gasteiger partial charge on any atom is -0.295 e. The first-order valence-corrected chi connectivity index (χ1v) is 16.0. The van der Waals surface area contributed by atoms with E-state index in [4.69, 9.17) is 18.2 Å². The Bertz CT molecular complexity index is 2390. The molecular formula is C37H22ClF2N3O3S. The number of alkyl halides is 2. The molecule has 0 saturated heterocycles. The Morgan fingerprint density at radius 2 is 1.60 bits per heavy atom. The monoisotopic (exact) mass is 661 g/mol. The third kappa shape index (κ3) is 5.46. The summed E-state index contributed by atoms with van der Waals surface area (Å²) in [6.07, 6.45) is -2.78. The van der Waals surface area contributed by atoms with Crippen molar-refractivity contribution in [3.63, 3.8) is 0 Å². The fourth-order valence-corrected chi connectivity index (χ4v) is 7.49. The number of halogens is 3. The largest absolute Gasteiger partial charge is 0.295 e. The Hall–Kier alpha value is -5.61. The number of carbonyl (C=O) groups is 1. The van der Waals surface area contributed by atoms with Crippen LogP contribution in [0.4, 0.5) is 14.5 Å². The topological polar surface area (TPSA) is 84.3 Å². The first-order valence-electron chi connectivity index (χ1n) is 14.2. The lowest BCUT2D eigenvalue weighted by molar-refractivity contribution is 0.101. The Morgan fingerprint density at radius 3 is 2.26 bits per heavy atom. The van der Waals surface area contributed by atoms with Crippen molar-refractivity contribution in [3.8, 4) is 39.6 Å². The van der Waals surface area contributed by atoms with E-state index >= 15 is 0 Å². The average Bonchev–Trinajstić information content (AvgIpc) is 3.43. The zero-order valence-electron chi connectivity index (χ0n) is 24.6. The van der Waals surface area contributed by atoms with Gasteiger partial charge < -0.3 is 0 Å². The first-order chi connectivity index (χ1) is 22.6. The Kier molecular flexibility index (Phi) is 8.21. The highest BCUT2D eigenvalue weighted by Gasteiger charge is 2.31. The second kappa shape index (κ2) is 12.3. The van der Waals surface area contributed by atoms with E-state index in [0.717, 1.165) is 28.2 Å². The van der Waals surface area contributed by atoms with Gasteiger partial charge in [0, 0.05) is 49.4 Å². The molecule has 0 saturated carbocycles. The number of rotatable bonds is 7. The van der Waals surface area contributed by atoms with Gasteiger partial charge in [-0.2, -0.15) is 5.26 Å². The number of para-hydroxylation sites is 1. The van der Waals surface area contributed by atoms with Crippen molar-refractivity contribution in [2.75, 3.05) is 0 Å². The van der Waals surface area contributed by atoms with E-state index in [1.165, 1.54) is 6.92 Å². The summed E-state index contributed by atoms with van der Waals surface area (Å²) in [5.41, 5.74) is 3.05. The lowest BCUT2D eigenvalue weighted by Crippen LogP contribution is -2.14. The third-order valence-electron chi connectivity index (χ3n) is 7.86. The normalized spacial score (nSPS) is 11.4. The molecule has 230 valence electrons. The van der Waals surface area contributed by atoms with Gasteiger partial charge in [-0.25, -0.2) is 26.0 Å². The van der Waals surface area contributed by atoms with Gasteiger partial charge in [0.2, 0.25) is 0 Å². The molecule has 0 amide bonds. The second-order valence-corrected chi connectivity index (χ2v) is 12.8. The molecule has 0 unspecified atom stereocenters. The molecule has 0 N–H and O–H groups in total. The maximum absolute atomic E-state index is 14.6. The summed E-state index contributed by atoms with van der Waals surface area (Å²) in [6, 6.07) is 29.9. The smallest absolute Gasteiger partial charge is 0.268 e. The highest BCUT2D eigenvalue weighted by atomic mass is 35.5. The van der Waals surface area contributed by atoms with Gasteiger partial charge in [0.15, 0.2) is 11.5 Å². The summed E-state index contributed by atoms with van der Waals surface area (Å²) in [5, 5.41) is 10.9. The average molecular weight is 662 g/mol.